The molecule has 2 aromatic rings. The van der Waals surface area contributed by atoms with Gasteiger partial charge < -0.3 is 19.9 Å². The number of hydrogen-bond acceptors (Lipinski definition) is 5. The highest BCUT2D eigenvalue weighted by Crippen LogP contribution is 2.20. The molecule has 0 aliphatic carbocycles. The van der Waals surface area contributed by atoms with Crippen LogP contribution in [0.15, 0.2) is 33.8 Å². The van der Waals surface area contributed by atoms with E-state index in [1.165, 1.54) is 6.07 Å². The molecule has 7 nitrogen and oxygen atoms in total. The molecule has 2 N–H and O–H groups in total. The van der Waals surface area contributed by atoms with Crippen LogP contribution >= 0.6 is 0 Å². The highest BCUT2D eigenvalue weighted by molar-refractivity contribution is 5.79. The molecule has 0 saturated carbocycles. The Balaban J connectivity index is 2.02. The Morgan fingerprint density at radius 3 is 2.79 bits per heavy atom. The molecule has 0 saturated heterocycles. The number of benzene rings is 1. The normalized spacial score (nSPS) is 11.6. The second-order valence-electron chi connectivity index (χ2n) is 4.76. The van der Waals surface area contributed by atoms with Crippen molar-refractivity contribution in [3.05, 3.63) is 41.5 Å². The lowest BCUT2D eigenvalue weighted by atomic mass is 10.2. The molecule has 2 rings (SSSR count). The average molecular weight is 339 g/mol. The number of nitrogens with zero attached hydrogens (tertiary/aromatic N) is 3. The Morgan fingerprint density at radius 2 is 2.12 bits per heavy atom. The molecule has 0 unspecified atom stereocenters. The van der Waals surface area contributed by atoms with Gasteiger partial charge in [0, 0.05) is 19.0 Å². The van der Waals surface area contributed by atoms with Crippen LogP contribution < -0.4 is 15.4 Å². The van der Waals surface area contributed by atoms with Crippen LogP contribution in [0, 0.1) is 6.92 Å². The summed E-state index contributed by atoms with van der Waals surface area (Å²) in [5, 5.41) is 9.88. The van der Waals surface area contributed by atoms with E-state index in [4.69, 9.17) is 4.52 Å². The molecule has 0 aliphatic rings. The topological polar surface area (TPSA) is 84.6 Å². The van der Waals surface area contributed by atoms with Crippen molar-refractivity contribution in [2.75, 3.05) is 6.54 Å². The van der Waals surface area contributed by atoms with E-state index in [-0.39, 0.29) is 12.3 Å². The van der Waals surface area contributed by atoms with Crippen LogP contribution in [0.4, 0.5) is 8.78 Å². The number of guanidine groups is 1. The molecule has 0 amide bonds. The fourth-order valence-corrected chi connectivity index (χ4v) is 1.93. The summed E-state index contributed by atoms with van der Waals surface area (Å²) >= 11 is 0. The second-order valence-corrected chi connectivity index (χ2v) is 4.76. The standard InChI is InChI=1S/C15H19F2N5O2/c1-3-18-15(20-9-13-21-10(2)24-22-13)19-8-11-6-4-5-7-12(11)23-14(16)17/h4-7,14H,3,8-9H2,1-2H3,(H2,18,19,20). The van der Waals surface area contributed by atoms with Gasteiger partial charge in [-0.1, -0.05) is 23.4 Å². The number of aryl methyl sites for hydroxylation is 1. The van der Waals surface area contributed by atoms with Gasteiger partial charge in [0.25, 0.3) is 0 Å². The summed E-state index contributed by atoms with van der Waals surface area (Å²) in [7, 11) is 0. The van der Waals surface area contributed by atoms with Gasteiger partial charge in [-0.15, -0.1) is 0 Å². The van der Waals surface area contributed by atoms with Crippen molar-refractivity contribution in [3.8, 4) is 5.75 Å². The molecule has 1 heterocycles. The Kier molecular flexibility index (Phi) is 6.47. The number of aliphatic imine (C=N–C) groups is 1. The third-order valence-electron chi connectivity index (χ3n) is 2.92. The summed E-state index contributed by atoms with van der Waals surface area (Å²) in [6, 6.07) is 6.55. The van der Waals surface area contributed by atoms with Crippen molar-refractivity contribution in [2.45, 2.75) is 33.5 Å². The maximum atomic E-state index is 12.4. The van der Waals surface area contributed by atoms with Crippen LogP contribution in [0.5, 0.6) is 5.75 Å². The molecule has 0 fully saturated rings. The molecule has 0 atom stereocenters. The average Bonchev–Trinajstić information content (AvgIpc) is 2.96. The molecule has 0 spiro atoms. The first-order valence-corrected chi connectivity index (χ1v) is 7.42. The lowest BCUT2D eigenvalue weighted by Gasteiger charge is -2.11. The van der Waals surface area contributed by atoms with E-state index in [9.17, 15) is 8.78 Å². The Bertz CT molecular complexity index is 675. The first kappa shape index (κ1) is 17.6. The van der Waals surface area contributed by atoms with E-state index in [1.807, 2.05) is 6.92 Å². The largest absolute Gasteiger partial charge is 0.434 e. The summed E-state index contributed by atoms with van der Waals surface area (Å²) in [5.74, 6) is 1.60. The zero-order valence-corrected chi connectivity index (χ0v) is 13.4. The van der Waals surface area contributed by atoms with Gasteiger partial charge in [-0.2, -0.15) is 13.8 Å². The number of aromatic nitrogens is 2. The van der Waals surface area contributed by atoms with E-state index in [0.717, 1.165) is 0 Å². The molecule has 0 aliphatic heterocycles. The number of alkyl halides is 2. The lowest BCUT2D eigenvalue weighted by molar-refractivity contribution is -0.0504. The van der Waals surface area contributed by atoms with Gasteiger partial charge in [-0.05, 0) is 13.0 Å². The minimum Gasteiger partial charge on any atom is -0.434 e. The van der Waals surface area contributed by atoms with Crippen LogP contribution in [0.25, 0.3) is 0 Å². The summed E-state index contributed by atoms with van der Waals surface area (Å²) < 4.78 is 34.2. The fourth-order valence-electron chi connectivity index (χ4n) is 1.93. The number of halogens is 2. The predicted octanol–water partition coefficient (Wildman–Crippen LogP) is 2.23. The molecule has 1 aromatic carbocycles. The van der Waals surface area contributed by atoms with Gasteiger partial charge in [-0.25, -0.2) is 4.99 Å². The lowest BCUT2D eigenvalue weighted by Crippen LogP contribution is -2.37. The molecule has 130 valence electrons. The zero-order valence-electron chi connectivity index (χ0n) is 13.4. The maximum Gasteiger partial charge on any atom is 0.387 e. The highest BCUT2D eigenvalue weighted by Gasteiger charge is 2.09. The SMILES string of the molecule is CCNC(=NCc1ccccc1OC(F)F)NCc1noc(C)n1. The number of ether oxygens (including phenoxy) is 1. The fraction of sp³-hybridized carbons (Fsp3) is 0.400. The number of rotatable bonds is 7. The quantitative estimate of drug-likeness (QED) is 0.594. The van der Waals surface area contributed by atoms with Crippen molar-refractivity contribution in [2.24, 2.45) is 4.99 Å². The first-order chi connectivity index (χ1) is 11.6. The number of hydrogen-bond donors (Lipinski definition) is 2. The van der Waals surface area contributed by atoms with Crippen molar-refractivity contribution in [1.29, 1.82) is 0 Å². The Morgan fingerprint density at radius 1 is 1.33 bits per heavy atom. The van der Waals surface area contributed by atoms with Gasteiger partial charge in [-0.3, -0.25) is 0 Å². The predicted molar refractivity (Wildman–Crippen MR) is 83.8 cm³/mol. The van der Waals surface area contributed by atoms with Crippen molar-refractivity contribution >= 4 is 5.96 Å². The van der Waals surface area contributed by atoms with E-state index in [2.05, 4.69) is 30.5 Å². The number of nitrogens with one attached hydrogen (secondary N) is 2. The molecule has 0 bridgehead atoms. The van der Waals surface area contributed by atoms with Crippen molar-refractivity contribution in [1.82, 2.24) is 20.8 Å². The van der Waals surface area contributed by atoms with E-state index in [1.54, 1.807) is 25.1 Å². The van der Waals surface area contributed by atoms with E-state index < -0.39 is 6.61 Å². The molecule has 0 radical (unpaired) electrons. The summed E-state index contributed by atoms with van der Waals surface area (Å²) in [4.78, 5) is 8.44. The third kappa shape index (κ3) is 5.49. The van der Waals surface area contributed by atoms with Crippen LogP contribution in [-0.2, 0) is 13.1 Å². The van der Waals surface area contributed by atoms with E-state index >= 15 is 0 Å². The molecular weight excluding hydrogens is 320 g/mol. The van der Waals surface area contributed by atoms with Crippen molar-refractivity contribution in [3.63, 3.8) is 0 Å². The zero-order chi connectivity index (χ0) is 17.4. The molecular formula is C15H19F2N5O2. The van der Waals surface area contributed by atoms with Gasteiger partial charge >= 0.3 is 6.61 Å². The minimum absolute atomic E-state index is 0.112. The Labute approximate surface area is 138 Å². The first-order valence-electron chi connectivity index (χ1n) is 7.42. The van der Waals surface area contributed by atoms with Gasteiger partial charge in [0.2, 0.25) is 5.89 Å². The van der Waals surface area contributed by atoms with Crippen molar-refractivity contribution < 1.29 is 18.0 Å². The molecule has 9 heteroatoms. The smallest absolute Gasteiger partial charge is 0.387 e. The van der Waals surface area contributed by atoms with Crippen LogP contribution in [0.3, 0.4) is 0 Å². The van der Waals surface area contributed by atoms with Crippen LogP contribution in [-0.4, -0.2) is 29.3 Å². The van der Waals surface area contributed by atoms with Gasteiger partial charge in [0.1, 0.15) is 5.75 Å². The van der Waals surface area contributed by atoms with E-state index in [0.29, 0.717) is 36.3 Å². The number of para-hydroxylation sites is 1. The highest BCUT2D eigenvalue weighted by atomic mass is 19.3. The molecule has 1 aromatic heterocycles. The second kappa shape index (κ2) is 8.80. The summed E-state index contributed by atoms with van der Waals surface area (Å²) in [5.41, 5.74) is 0.561. The molecule has 24 heavy (non-hydrogen) atoms. The summed E-state index contributed by atoms with van der Waals surface area (Å²) in [6.07, 6.45) is 0. The van der Waals surface area contributed by atoms with Gasteiger partial charge in [0.05, 0.1) is 13.1 Å². The Hall–Kier alpha value is -2.71. The minimum atomic E-state index is -2.87. The van der Waals surface area contributed by atoms with Crippen LogP contribution in [0.2, 0.25) is 0 Å². The van der Waals surface area contributed by atoms with Crippen LogP contribution in [0.1, 0.15) is 24.2 Å². The summed E-state index contributed by atoms with van der Waals surface area (Å²) in [6.45, 7) is 1.91. The monoisotopic (exact) mass is 339 g/mol. The third-order valence-corrected chi connectivity index (χ3v) is 2.92. The maximum absolute atomic E-state index is 12.4. The van der Waals surface area contributed by atoms with Gasteiger partial charge in [0.15, 0.2) is 11.8 Å².